The predicted octanol–water partition coefficient (Wildman–Crippen LogP) is 4.65. The first-order chi connectivity index (χ1) is 11.7. The first kappa shape index (κ1) is 15.2. The molecule has 1 aromatic carbocycles. The van der Waals surface area contributed by atoms with Gasteiger partial charge in [-0.05, 0) is 42.0 Å². The van der Waals surface area contributed by atoms with Gasteiger partial charge in [0.2, 0.25) is 0 Å². The van der Waals surface area contributed by atoms with Gasteiger partial charge in [-0.1, -0.05) is 17.7 Å². The van der Waals surface area contributed by atoms with Crippen LogP contribution in [0.1, 0.15) is 18.4 Å². The number of piperidine rings is 1. The highest BCUT2D eigenvalue weighted by Gasteiger charge is 2.18. The van der Waals surface area contributed by atoms with Crippen LogP contribution in [0.25, 0.3) is 16.3 Å². The summed E-state index contributed by atoms with van der Waals surface area (Å²) in [6, 6.07) is 6.08. The third-order valence-corrected chi connectivity index (χ3v) is 5.08. The maximum Gasteiger partial charge on any atom is 0.159 e. The van der Waals surface area contributed by atoms with Crippen LogP contribution in [0.3, 0.4) is 0 Å². The minimum Gasteiger partial charge on any atom is -0.355 e. The largest absolute Gasteiger partial charge is 0.355 e. The van der Waals surface area contributed by atoms with Crippen molar-refractivity contribution in [3.63, 3.8) is 0 Å². The fourth-order valence-electron chi connectivity index (χ4n) is 3.02. The second-order valence-corrected chi connectivity index (χ2v) is 6.69. The van der Waals surface area contributed by atoms with E-state index < -0.39 is 11.6 Å². The summed E-state index contributed by atoms with van der Waals surface area (Å²) < 4.78 is 26.3. The molecule has 24 heavy (non-hydrogen) atoms. The third-order valence-electron chi connectivity index (χ3n) is 4.26. The molecular formula is C18H15F2N3S. The number of benzene rings is 1. The van der Waals surface area contributed by atoms with Gasteiger partial charge in [-0.2, -0.15) is 0 Å². The number of fused-ring (bicyclic) bond motifs is 1. The van der Waals surface area contributed by atoms with Gasteiger partial charge in [0.25, 0.3) is 0 Å². The van der Waals surface area contributed by atoms with Crippen LogP contribution in [0.5, 0.6) is 0 Å². The molecule has 1 fully saturated rings. The molecule has 3 nitrogen and oxygen atoms in total. The quantitative estimate of drug-likeness (QED) is 0.678. The molecule has 0 radical (unpaired) electrons. The standard InChI is InChI=1S/C18H15F2N3S/c19-15-2-1-13(10-16(15)20)9-12-3-6-23(7-4-12)17-14-5-8-24-18(14)22-11-21-17/h1-2,5,8-11H,3-4,6-7H2. The normalized spacial score (nSPS) is 15.1. The molecule has 0 atom stereocenters. The van der Waals surface area contributed by atoms with Crippen LogP contribution >= 0.6 is 11.3 Å². The molecule has 2 aromatic heterocycles. The Morgan fingerprint density at radius 1 is 1.04 bits per heavy atom. The van der Waals surface area contributed by atoms with Gasteiger partial charge >= 0.3 is 0 Å². The van der Waals surface area contributed by atoms with Gasteiger partial charge in [-0.25, -0.2) is 18.7 Å². The van der Waals surface area contributed by atoms with Crippen molar-refractivity contribution in [2.24, 2.45) is 0 Å². The van der Waals surface area contributed by atoms with Crippen molar-refractivity contribution in [3.8, 4) is 0 Å². The highest BCUT2D eigenvalue weighted by Crippen LogP contribution is 2.30. The summed E-state index contributed by atoms with van der Waals surface area (Å²) in [5.41, 5.74) is 1.95. The van der Waals surface area contributed by atoms with E-state index in [1.165, 1.54) is 17.7 Å². The lowest BCUT2D eigenvalue weighted by atomic mass is 10.0. The molecule has 0 saturated carbocycles. The average molecular weight is 343 g/mol. The van der Waals surface area contributed by atoms with E-state index in [4.69, 9.17) is 0 Å². The highest BCUT2D eigenvalue weighted by atomic mass is 32.1. The molecule has 0 spiro atoms. The fourth-order valence-corrected chi connectivity index (χ4v) is 3.74. The Hall–Kier alpha value is -2.34. The van der Waals surface area contributed by atoms with Crippen molar-refractivity contribution in [1.29, 1.82) is 0 Å². The maximum atomic E-state index is 13.3. The monoisotopic (exact) mass is 343 g/mol. The van der Waals surface area contributed by atoms with E-state index in [2.05, 4.69) is 20.9 Å². The van der Waals surface area contributed by atoms with Gasteiger partial charge < -0.3 is 4.90 Å². The van der Waals surface area contributed by atoms with E-state index in [0.29, 0.717) is 5.56 Å². The second-order valence-electron chi connectivity index (χ2n) is 5.80. The van der Waals surface area contributed by atoms with Gasteiger partial charge in [0.1, 0.15) is 17.0 Å². The van der Waals surface area contributed by atoms with E-state index in [9.17, 15) is 8.78 Å². The molecule has 6 heteroatoms. The number of hydrogen-bond donors (Lipinski definition) is 0. The van der Waals surface area contributed by atoms with Gasteiger partial charge in [0, 0.05) is 13.1 Å². The zero-order valence-corrected chi connectivity index (χ0v) is 13.7. The smallest absolute Gasteiger partial charge is 0.159 e. The molecule has 0 N–H and O–H groups in total. The summed E-state index contributed by atoms with van der Waals surface area (Å²) in [7, 11) is 0. The Labute approximate surface area is 142 Å². The molecule has 0 bridgehead atoms. The van der Waals surface area contributed by atoms with E-state index in [0.717, 1.165) is 42.0 Å². The van der Waals surface area contributed by atoms with Crippen LogP contribution in [-0.4, -0.2) is 23.1 Å². The predicted molar refractivity (Wildman–Crippen MR) is 93.2 cm³/mol. The number of anilines is 1. The lowest BCUT2D eigenvalue weighted by Gasteiger charge is -2.29. The second kappa shape index (κ2) is 6.28. The molecule has 1 aliphatic heterocycles. The van der Waals surface area contributed by atoms with Crippen LogP contribution < -0.4 is 4.90 Å². The Balaban J connectivity index is 1.51. The lowest BCUT2D eigenvalue weighted by Crippen LogP contribution is -2.31. The minimum absolute atomic E-state index is 0.708. The van der Waals surface area contributed by atoms with Crippen molar-refractivity contribution in [1.82, 2.24) is 9.97 Å². The summed E-state index contributed by atoms with van der Waals surface area (Å²) in [5, 5.41) is 3.12. The number of hydrogen-bond acceptors (Lipinski definition) is 4. The van der Waals surface area contributed by atoms with Crippen molar-refractivity contribution in [2.45, 2.75) is 12.8 Å². The molecule has 1 saturated heterocycles. The number of aromatic nitrogens is 2. The molecular weight excluding hydrogens is 328 g/mol. The first-order valence-electron chi connectivity index (χ1n) is 7.78. The van der Waals surface area contributed by atoms with Crippen molar-refractivity contribution in [2.75, 3.05) is 18.0 Å². The maximum absolute atomic E-state index is 13.3. The first-order valence-corrected chi connectivity index (χ1v) is 8.66. The molecule has 122 valence electrons. The van der Waals surface area contributed by atoms with Crippen LogP contribution in [0.2, 0.25) is 0 Å². The minimum atomic E-state index is -0.810. The van der Waals surface area contributed by atoms with Crippen molar-refractivity contribution >= 4 is 33.4 Å². The van der Waals surface area contributed by atoms with Gasteiger partial charge in [-0.15, -0.1) is 11.3 Å². The van der Waals surface area contributed by atoms with E-state index in [1.807, 2.05) is 11.5 Å². The van der Waals surface area contributed by atoms with E-state index in [1.54, 1.807) is 23.7 Å². The van der Waals surface area contributed by atoms with Crippen molar-refractivity contribution < 1.29 is 8.78 Å². The molecule has 4 rings (SSSR count). The van der Waals surface area contributed by atoms with E-state index in [-0.39, 0.29) is 0 Å². The zero-order chi connectivity index (χ0) is 16.5. The topological polar surface area (TPSA) is 29.0 Å². The highest BCUT2D eigenvalue weighted by molar-refractivity contribution is 7.16. The Bertz CT molecular complexity index is 910. The summed E-state index contributed by atoms with van der Waals surface area (Å²) in [5.74, 6) is -0.633. The summed E-state index contributed by atoms with van der Waals surface area (Å²) >= 11 is 1.61. The SMILES string of the molecule is Fc1ccc(C=C2CCN(c3ncnc4sccc34)CC2)cc1F. The van der Waals surface area contributed by atoms with Gasteiger partial charge in [-0.3, -0.25) is 0 Å². The Morgan fingerprint density at radius 3 is 2.67 bits per heavy atom. The number of nitrogens with zero attached hydrogens (tertiary/aromatic N) is 3. The van der Waals surface area contributed by atoms with Crippen LogP contribution in [-0.2, 0) is 0 Å². The van der Waals surface area contributed by atoms with Crippen LogP contribution in [0, 0.1) is 11.6 Å². The Kier molecular flexibility index (Phi) is 3.98. The molecule has 0 aliphatic carbocycles. The van der Waals surface area contributed by atoms with Gasteiger partial charge in [0.15, 0.2) is 11.6 Å². The summed E-state index contributed by atoms with van der Waals surface area (Å²) in [6.07, 6.45) is 5.34. The van der Waals surface area contributed by atoms with Crippen LogP contribution in [0.4, 0.5) is 14.6 Å². The van der Waals surface area contributed by atoms with Crippen molar-refractivity contribution in [3.05, 3.63) is 58.7 Å². The van der Waals surface area contributed by atoms with E-state index >= 15 is 0 Å². The summed E-state index contributed by atoms with van der Waals surface area (Å²) in [4.78, 5) is 12.0. The Morgan fingerprint density at radius 2 is 1.88 bits per heavy atom. The number of thiophene rings is 1. The molecule has 3 heterocycles. The third kappa shape index (κ3) is 2.89. The fraction of sp³-hybridized carbons (Fsp3) is 0.222. The summed E-state index contributed by atoms with van der Waals surface area (Å²) in [6.45, 7) is 1.72. The number of halogens is 2. The lowest BCUT2D eigenvalue weighted by molar-refractivity contribution is 0.508. The average Bonchev–Trinajstić information content (AvgIpc) is 3.08. The molecule has 0 amide bonds. The van der Waals surface area contributed by atoms with Crippen LogP contribution in [0.15, 0.2) is 41.5 Å². The van der Waals surface area contributed by atoms with Gasteiger partial charge in [0.05, 0.1) is 5.39 Å². The molecule has 0 unspecified atom stereocenters. The molecule has 1 aliphatic rings. The molecule has 3 aromatic rings. The number of rotatable bonds is 2. The zero-order valence-electron chi connectivity index (χ0n) is 12.9.